The second-order valence-electron chi connectivity index (χ2n) is 6.24. The summed E-state index contributed by atoms with van der Waals surface area (Å²) in [6.07, 6.45) is 0.634. The number of benzene rings is 2. The minimum absolute atomic E-state index is 0.0628. The van der Waals surface area contributed by atoms with Gasteiger partial charge in [-0.1, -0.05) is 29.8 Å². The first kappa shape index (κ1) is 21.3. The van der Waals surface area contributed by atoms with Gasteiger partial charge < -0.3 is 4.74 Å². The number of thiazole rings is 1. The topological polar surface area (TPSA) is 85.4 Å². The Morgan fingerprint density at radius 1 is 1.21 bits per heavy atom. The van der Waals surface area contributed by atoms with Crippen molar-refractivity contribution >= 4 is 43.9 Å². The van der Waals surface area contributed by atoms with E-state index in [4.69, 9.17) is 16.3 Å². The number of aryl methyl sites for hydroxylation is 1. The highest BCUT2D eigenvalue weighted by molar-refractivity contribution is 7.93. The maximum atomic E-state index is 12.6. The van der Waals surface area contributed by atoms with Crippen molar-refractivity contribution in [3.8, 4) is 5.75 Å². The quantitative estimate of drug-likeness (QED) is 0.501. The Balaban J connectivity index is 1.68. The van der Waals surface area contributed by atoms with Crippen molar-refractivity contribution in [1.82, 2.24) is 4.98 Å². The summed E-state index contributed by atoms with van der Waals surface area (Å²) in [6.45, 7) is 1.65. The Kier molecular flexibility index (Phi) is 6.56. The molecule has 2 aromatic carbocycles. The molecule has 0 fully saturated rings. The van der Waals surface area contributed by atoms with E-state index in [9.17, 15) is 13.2 Å². The molecule has 0 aliphatic heterocycles. The molecule has 1 aromatic heterocycles. The molecule has 3 rings (SSSR count). The summed E-state index contributed by atoms with van der Waals surface area (Å²) in [5.74, 6) is 0.466. The van der Waals surface area contributed by atoms with Crippen LogP contribution in [-0.2, 0) is 16.4 Å². The van der Waals surface area contributed by atoms with Crippen molar-refractivity contribution in [1.29, 1.82) is 0 Å². The second-order valence-corrected chi connectivity index (χ2v) is 9.15. The molecule has 0 radical (unpaired) electrons. The number of methoxy groups -OCH3 is 1. The van der Waals surface area contributed by atoms with E-state index in [2.05, 4.69) is 9.71 Å². The van der Waals surface area contributed by atoms with E-state index in [-0.39, 0.29) is 22.2 Å². The van der Waals surface area contributed by atoms with Crippen LogP contribution < -0.4 is 9.46 Å². The summed E-state index contributed by atoms with van der Waals surface area (Å²) >= 11 is 7.19. The molecule has 0 aliphatic rings. The fourth-order valence-corrected chi connectivity index (χ4v) is 5.27. The number of ketones is 1. The molecule has 1 N–H and O–H groups in total. The van der Waals surface area contributed by atoms with Crippen molar-refractivity contribution in [3.05, 3.63) is 69.7 Å². The van der Waals surface area contributed by atoms with E-state index >= 15 is 0 Å². The molecule has 0 spiro atoms. The third kappa shape index (κ3) is 4.95. The highest BCUT2D eigenvalue weighted by Gasteiger charge is 2.20. The zero-order chi connectivity index (χ0) is 21.0. The molecule has 0 unspecified atom stereocenters. The number of halogens is 1. The van der Waals surface area contributed by atoms with Crippen LogP contribution >= 0.6 is 22.9 Å². The van der Waals surface area contributed by atoms with Gasteiger partial charge in [0.05, 0.1) is 23.3 Å². The first-order valence-electron chi connectivity index (χ1n) is 8.70. The van der Waals surface area contributed by atoms with Gasteiger partial charge in [0.2, 0.25) is 0 Å². The third-order valence-electron chi connectivity index (χ3n) is 4.30. The maximum Gasteiger partial charge on any atom is 0.263 e. The molecule has 0 atom stereocenters. The van der Waals surface area contributed by atoms with Crippen molar-refractivity contribution < 1.29 is 17.9 Å². The maximum absolute atomic E-state index is 12.6. The fraction of sp³-hybridized carbons (Fsp3) is 0.200. The molecule has 9 heteroatoms. The van der Waals surface area contributed by atoms with Crippen LogP contribution in [0, 0.1) is 6.92 Å². The lowest BCUT2D eigenvalue weighted by molar-refractivity contribution is 0.0979. The number of hydrogen-bond acceptors (Lipinski definition) is 6. The van der Waals surface area contributed by atoms with Crippen LogP contribution in [0.15, 0.2) is 52.7 Å². The van der Waals surface area contributed by atoms with Gasteiger partial charge >= 0.3 is 0 Å². The van der Waals surface area contributed by atoms with Gasteiger partial charge in [0.25, 0.3) is 10.0 Å². The summed E-state index contributed by atoms with van der Waals surface area (Å²) in [4.78, 5) is 16.9. The van der Waals surface area contributed by atoms with E-state index in [0.717, 1.165) is 0 Å². The molecule has 0 aliphatic carbocycles. The number of carbonyl (C=O) groups is 1. The van der Waals surface area contributed by atoms with Gasteiger partial charge in [-0.15, -0.1) is 11.3 Å². The number of sulfonamides is 1. The largest absolute Gasteiger partial charge is 0.496 e. The average Bonchev–Trinajstić information content (AvgIpc) is 3.14. The van der Waals surface area contributed by atoms with Gasteiger partial charge in [0.15, 0.2) is 10.9 Å². The number of nitrogens with one attached hydrogen (secondary N) is 1. The predicted octanol–water partition coefficient (Wildman–Crippen LogP) is 4.73. The Bertz CT molecular complexity index is 1140. The highest BCUT2D eigenvalue weighted by Crippen LogP contribution is 2.26. The predicted molar refractivity (Wildman–Crippen MR) is 115 cm³/mol. The number of ether oxygens (including phenoxy) is 1. The number of hydrogen-bond donors (Lipinski definition) is 1. The number of para-hydroxylation sites is 1. The van der Waals surface area contributed by atoms with Gasteiger partial charge in [-0.3, -0.25) is 9.52 Å². The van der Waals surface area contributed by atoms with E-state index in [0.29, 0.717) is 34.0 Å². The molecule has 0 saturated carbocycles. The lowest BCUT2D eigenvalue weighted by Gasteiger charge is -2.09. The van der Waals surface area contributed by atoms with E-state index in [1.807, 2.05) is 0 Å². The van der Waals surface area contributed by atoms with E-state index < -0.39 is 10.0 Å². The monoisotopic (exact) mass is 450 g/mol. The number of Topliss-reactive ketones (excluding diaryl/α,β-unsaturated/α-hetero) is 1. The second kappa shape index (κ2) is 8.94. The van der Waals surface area contributed by atoms with Crippen LogP contribution in [-0.4, -0.2) is 26.3 Å². The molecule has 1 heterocycles. The van der Waals surface area contributed by atoms with Crippen LogP contribution in [0.1, 0.15) is 28.0 Å². The number of carbonyl (C=O) groups excluding carboxylic acids is 1. The zero-order valence-electron chi connectivity index (χ0n) is 15.8. The average molecular weight is 451 g/mol. The SMILES string of the molecule is COc1ccccc1C(=O)CCc1csc(NS(=O)(=O)c2cccc(Cl)c2C)n1. The number of nitrogens with zero attached hydrogens (tertiary/aromatic N) is 1. The molecule has 0 amide bonds. The van der Waals surface area contributed by atoms with Gasteiger partial charge in [0, 0.05) is 16.8 Å². The van der Waals surface area contributed by atoms with Crippen LogP contribution in [0.25, 0.3) is 0 Å². The molecule has 0 saturated heterocycles. The smallest absolute Gasteiger partial charge is 0.263 e. The standard InChI is InChI=1S/C20H19ClN2O4S2/c1-13-16(21)7-5-9-19(13)29(25,26)23-20-22-14(12-28-20)10-11-17(24)15-6-3-4-8-18(15)27-2/h3-9,12H,10-11H2,1-2H3,(H,22,23). The van der Waals surface area contributed by atoms with Crippen molar-refractivity contribution in [2.75, 3.05) is 11.8 Å². The molecule has 6 nitrogen and oxygen atoms in total. The lowest BCUT2D eigenvalue weighted by atomic mass is 10.0. The van der Waals surface area contributed by atoms with Crippen molar-refractivity contribution in [3.63, 3.8) is 0 Å². The summed E-state index contributed by atoms with van der Waals surface area (Å²) in [7, 11) is -2.29. The van der Waals surface area contributed by atoms with Gasteiger partial charge in [-0.25, -0.2) is 13.4 Å². The molecule has 3 aromatic rings. The van der Waals surface area contributed by atoms with Crippen molar-refractivity contribution in [2.45, 2.75) is 24.7 Å². The third-order valence-corrected chi connectivity index (χ3v) is 7.13. The minimum atomic E-state index is -3.81. The lowest BCUT2D eigenvalue weighted by Crippen LogP contribution is -2.14. The molecular weight excluding hydrogens is 432 g/mol. The molecule has 152 valence electrons. The number of anilines is 1. The van der Waals surface area contributed by atoms with Crippen LogP contribution in [0.4, 0.5) is 5.13 Å². The summed E-state index contributed by atoms with van der Waals surface area (Å²) in [6, 6.07) is 11.7. The zero-order valence-corrected chi connectivity index (χ0v) is 18.2. The Hall–Kier alpha value is -2.42. The molecule has 29 heavy (non-hydrogen) atoms. The number of rotatable bonds is 8. The van der Waals surface area contributed by atoms with Gasteiger partial charge in [-0.05, 0) is 43.2 Å². The summed E-state index contributed by atoms with van der Waals surface area (Å²) in [5, 5.41) is 2.35. The Morgan fingerprint density at radius 3 is 2.72 bits per heavy atom. The van der Waals surface area contributed by atoms with E-state index in [1.54, 1.807) is 48.7 Å². The van der Waals surface area contributed by atoms with Crippen LogP contribution in [0.3, 0.4) is 0 Å². The van der Waals surface area contributed by atoms with E-state index in [1.165, 1.54) is 24.5 Å². The summed E-state index contributed by atoms with van der Waals surface area (Å²) < 4.78 is 33.0. The van der Waals surface area contributed by atoms with Crippen LogP contribution in [0.5, 0.6) is 5.75 Å². The normalized spacial score (nSPS) is 11.3. The van der Waals surface area contributed by atoms with Crippen molar-refractivity contribution in [2.24, 2.45) is 0 Å². The Labute approximate surface area is 178 Å². The van der Waals surface area contributed by atoms with Gasteiger partial charge in [-0.2, -0.15) is 0 Å². The molecular formula is C20H19ClN2O4S2. The highest BCUT2D eigenvalue weighted by atomic mass is 35.5. The first-order valence-corrected chi connectivity index (χ1v) is 11.4. The molecule has 0 bridgehead atoms. The number of aromatic nitrogens is 1. The van der Waals surface area contributed by atoms with Gasteiger partial charge in [0.1, 0.15) is 5.75 Å². The minimum Gasteiger partial charge on any atom is -0.496 e. The Morgan fingerprint density at radius 2 is 1.97 bits per heavy atom. The summed E-state index contributed by atoms with van der Waals surface area (Å²) in [5.41, 5.74) is 1.63. The van der Waals surface area contributed by atoms with Crippen LogP contribution in [0.2, 0.25) is 5.02 Å². The fourth-order valence-electron chi connectivity index (χ4n) is 2.77. The first-order chi connectivity index (χ1) is 13.8.